The zero-order chi connectivity index (χ0) is 38.7. The van der Waals surface area contributed by atoms with E-state index in [0.717, 1.165) is 78.1 Å². The third-order valence-electron chi connectivity index (χ3n) is 12.3. The van der Waals surface area contributed by atoms with E-state index >= 15 is 0 Å². The van der Waals surface area contributed by atoms with Crippen LogP contribution < -0.4 is 30.2 Å². The molecule has 0 unspecified atom stereocenters. The molecule has 0 saturated carbocycles. The topological polar surface area (TPSA) is 54.1 Å². The molecular weight excluding hydrogens is 741 g/mol. The lowest BCUT2D eigenvalue weighted by Gasteiger charge is -2.43. The van der Waals surface area contributed by atoms with Gasteiger partial charge < -0.3 is 9.47 Å². The number of benzene rings is 8. The van der Waals surface area contributed by atoms with E-state index < -0.39 is 8.07 Å². The van der Waals surface area contributed by atoms with Gasteiger partial charge in [0.1, 0.15) is 28.8 Å². The van der Waals surface area contributed by atoms with Crippen molar-refractivity contribution in [3.8, 4) is 46.0 Å². The van der Waals surface area contributed by atoms with Gasteiger partial charge in [0.15, 0.2) is 8.07 Å². The van der Waals surface area contributed by atoms with E-state index in [2.05, 4.69) is 203 Å². The second-order valence-electron chi connectivity index (χ2n) is 15.3. The van der Waals surface area contributed by atoms with E-state index in [1.165, 1.54) is 26.3 Å². The molecule has 0 amide bonds. The third-order valence-corrected chi connectivity index (χ3v) is 17.1. The van der Waals surface area contributed by atoms with Crippen molar-refractivity contribution in [2.45, 2.75) is 0 Å². The van der Waals surface area contributed by atoms with Gasteiger partial charge in [0.2, 0.25) is 5.95 Å². The zero-order valence-electron chi connectivity index (χ0n) is 31.6. The van der Waals surface area contributed by atoms with Crippen molar-refractivity contribution in [2.24, 2.45) is 0 Å². The Morgan fingerprint density at radius 3 is 1.25 bits per heavy atom. The Kier molecular flexibility index (Phi) is 6.65. The summed E-state index contributed by atoms with van der Waals surface area (Å²) in [6, 6.07) is 68.6. The van der Waals surface area contributed by atoms with Crippen molar-refractivity contribution in [1.82, 2.24) is 19.1 Å². The van der Waals surface area contributed by atoms with Crippen LogP contribution in [0.25, 0.3) is 66.6 Å². The fourth-order valence-electron chi connectivity index (χ4n) is 9.87. The molecule has 5 heterocycles. The van der Waals surface area contributed by atoms with Crippen molar-refractivity contribution in [1.29, 1.82) is 0 Å². The minimum atomic E-state index is -3.00. The van der Waals surface area contributed by atoms with E-state index in [-0.39, 0.29) is 0 Å². The quantitative estimate of drug-likeness (QED) is 0.168. The zero-order valence-corrected chi connectivity index (χ0v) is 32.6. The SMILES string of the molecule is c1ccc2c(c1)Oc1ccccc1[Si]21c2ccccc2Oc2ccc(-c3cc(-n4c5ccccc5c5ccccc54)nc(-n4c5ccccc5c5ccccc54)n3)cc21. The van der Waals surface area contributed by atoms with E-state index in [9.17, 15) is 0 Å². The van der Waals surface area contributed by atoms with Gasteiger partial charge in [-0.25, -0.2) is 4.98 Å². The van der Waals surface area contributed by atoms with Crippen molar-refractivity contribution in [3.63, 3.8) is 0 Å². The minimum Gasteiger partial charge on any atom is -0.458 e. The molecule has 13 rings (SSSR count). The van der Waals surface area contributed by atoms with Gasteiger partial charge >= 0.3 is 0 Å². The molecule has 276 valence electrons. The molecule has 0 fully saturated rings. The van der Waals surface area contributed by atoms with E-state index in [1.807, 2.05) is 0 Å². The summed E-state index contributed by atoms with van der Waals surface area (Å²) in [7, 11) is -3.00. The maximum absolute atomic E-state index is 6.84. The van der Waals surface area contributed by atoms with Crippen LogP contribution in [0.2, 0.25) is 0 Å². The lowest BCUT2D eigenvalue weighted by molar-refractivity contribution is 0.481. The second-order valence-corrected chi connectivity index (χ2v) is 19.0. The summed E-state index contributed by atoms with van der Waals surface area (Å²) in [5.41, 5.74) is 6.07. The molecule has 0 saturated heterocycles. The first-order valence-corrected chi connectivity index (χ1v) is 21.9. The lowest BCUT2D eigenvalue weighted by atomic mass is 10.1. The summed E-state index contributed by atoms with van der Waals surface area (Å²) in [5.74, 6) is 4.90. The average molecular weight is 773 g/mol. The fourth-order valence-corrected chi connectivity index (χ4v) is 15.0. The molecule has 2 aliphatic heterocycles. The van der Waals surface area contributed by atoms with Crippen LogP contribution in [0.1, 0.15) is 0 Å². The largest absolute Gasteiger partial charge is 0.458 e. The Bertz CT molecular complexity index is 3210. The number of fused-ring (bicyclic) bond motifs is 14. The van der Waals surface area contributed by atoms with Gasteiger partial charge in [-0.3, -0.25) is 9.13 Å². The standard InChI is InChI=1S/C52H32N4O2Si/c1-5-19-39-34(15-1)35-16-2-6-20-40(35)55(39)51-32-38(53-52(54-51)56-41-21-7-3-17-36(41)37-18-4-8-22-42(37)56)33-29-30-46-50(31-33)59(49-28-14-11-25-45(49)58-46)47-26-12-9-23-43(47)57-44-24-10-13-27-48(44)59/h1-32H. The Morgan fingerprint density at radius 1 is 0.356 bits per heavy atom. The first kappa shape index (κ1) is 32.4. The highest BCUT2D eigenvalue weighted by atomic mass is 28.3. The highest BCUT2D eigenvalue weighted by molar-refractivity contribution is 7.21. The fraction of sp³-hybridized carbons (Fsp3) is 0. The number of rotatable bonds is 3. The smallest absolute Gasteiger partial charge is 0.237 e. The van der Waals surface area contributed by atoms with Gasteiger partial charge in [-0.1, -0.05) is 127 Å². The van der Waals surface area contributed by atoms with Gasteiger partial charge in [-0.05, 0) is 81.4 Å². The molecule has 8 aromatic carbocycles. The molecule has 59 heavy (non-hydrogen) atoms. The normalized spacial score (nSPS) is 13.5. The molecule has 0 N–H and O–H groups in total. The third kappa shape index (κ3) is 4.45. The number of para-hydroxylation sites is 7. The summed E-state index contributed by atoms with van der Waals surface area (Å²) < 4.78 is 18.0. The summed E-state index contributed by atoms with van der Waals surface area (Å²) in [4.78, 5) is 11.0. The van der Waals surface area contributed by atoms with Gasteiger partial charge in [0.05, 0.1) is 27.8 Å². The molecule has 0 atom stereocenters. The number of nitrogens with zero attached hydrogens (tertiary/aromatic N) is 4. The maximum Gasteiger partial charge on any atom is 0.237 e. The van der Waals surface area contributed by atoms with Crippen LogP contribution in [0.15, 0.2) is 194 Å². The van der Waals surface area contributed by atoms with Crippen molar-refractivity contribution in [2.75, 3.05) is 0 Å². The first-order chi connectivity index (χ1) is 29.3. The van der Waals surface area contributed by atoms with Crippen molar-refractivity contribution in [3.05, 3.63) is 194 Å². The van der Waals surface area contributed by atoms with Crippen LogP contribution in [0.5, 0.6) is 23.0 Å². The first-order valence-electron chi connectivity index (χ1n) is 19.9. The molecular formula is C52H32N4O2Si. The molecule has 1 spiro atoms. The molecule has 2 aliphatic rings. The Morgan fingerprint density at radius 2 is 0.763 bits per heavy atom. The summed E-state index contributed by atoms with van der Waals surface area (Å²) in [5, 5.41) is 9.43. The molecule has 7 heteroatoms. The molecule has 0 aliphatic carbocycles. The van der Waals surface area contributed by atoms with Crippen LogP contribution in [0, 0.1) is 0 Å². The molecule has 0 radical (unpaired) electrons. The van der Waals surface area contributed by atoms with Crippen molar-refractivity contribution >= 4 is 72.4 Å². The molecule has 3 aromatic heterocycles. The summed E-state index contributed by atoms with van der Waals surface area (Å²) in [6.07, 6.45) is 0. The highest BCUT2D eigenvalue weighted by Crippen LogP contribution is 2.39. The predicted molar refractivity (Wildman–Crippen MR) is 240 cm³/mol. The van der Waals surface area contributed by atoms with E-state index in [0.29, 0.717) is 5.95 Å². The number of hydrogen-bond donors (Lipinski definition) is 0. The van der Waals surface area contributed by atoms with Crippen LogP contribution >= 0.6 is 0 Å². The van der Waals surface area contributed by atoms with E-state index in [1.54, 1.807) is 0 Å². The highest BCUT2D eigenvalue weighted by Gasteiger charge is 2.53. The van der Waals surface area contributed by atoms with Crippen LogP contribution in [-0.4, -0.2) is 27.2 Å². The van der Waals surface area contributed by atoms with Gasteiger partial charge in [0.25, 0.3) is 0 Å². The predicted octanol–water partition coefficient (Wildman–Crippen LogP) is 9.93. The number of aromatic nitrogens is 4. The van der Waals surface area contributed by atoms with E-state index in [4.69, 9.17) is 19.4 Å². The molecule has 6 nitrogen and oxygen atoms in total. The lowest BCUT2D eigenvalue weighted by Crippen LogP contribution is -2.77. The van der Waals surface area contributed by atoms with Crippen LogP contribution in [0.3, 0.4) is 0 Å². The Labute approximate surface area is 339 Å². The Balaban J connectivity index is 1.13. The van der Waals surface area contributed by atoms with Gasteiger partial charge in [-0.15, -0.1) is 0 Å². The molecule has 0 bridgehead atoms. The minimum absolute atomic E-state index is 0.602. The average Bonchev–Trinajstić information content (AvgIpc) is 3.82. The summed E-state index contributed by atoms with van der Waals surface area (Å²) >= 11 is 0. The van der Waals surface area contributed by atoms with Crippen LogP contribution in [-0.2, 0) is 0 Å². The van der Waals surface area contributed by atoms with Gasteiger partial charge in [0, 0.05) is 33.2 Å². The van der Waals surface area contributed by atoms with Crippen molar-refractivity contribution < 1.29 is 9.47 Å². The van der Waals surface area contributed by atoms with Crippen LogP contribution in [0.4, 0.5) is 0 Å². The second kappa shape index (κ2) is 12.1. The number of ether oxygens (including phenoxy) is 2. The monoisotopic (exact) mass is 772 g/mol. The number of hydrogen-bond acceptors (Lipinski definition) is 4. The van der Waals surface area contributed by atoms with Gasteiger partial charge in [-0.2, -0.15) is 4.98 Å². The summed E-state index contributed by atoms with van der Waals surface area (Å²) in [6.45, 7) is 0. The Hall–Kier alpha value is -7.74. The molecule has 11 aromatic rings. The maximum atomic E-state index is 6.84.